The number of nitrogens with zero attached hydrogens (tertiary/aromatic N) is 3. The topological polar surface area (TPSA) is 92.0 Å². The molecule has 0 fully saturated rings. The van der Waals surface area contributed by atoms with E-state index in [1.807, 2.05) is 12.1 Å². The van der Waals surface area contributed by atoms with Crippen LogP contribution in [0, 0.1) is 0 Å². The molecule has 2 aromatic heterocycles. The molecule has 1 unspecified atom stereocenters. The molecule has 0 N–H and O–H groups in total. The number of carbonyl (C=O) groups excluding carboxylic acids is 1. The lowest BCUT2D eigenvalue weighted by Gasteiger charge is -2.24. The Morgan fingerprint density at radius 1 is 1.26 bits per heavy atom. The minimum absolute atomic E-state index is 0.214. The van der Waals surface area contributed by atoms with Crippen LogP contribution in [0.2, 0.25) is 0 Å². The number of aromatic nitrogens is 2. The van der Waals surface area contributed by atoms with Gasteiger partial charge in [-0.2, -0.15) is 0 Å². The first-order chi connectivity index (χ1) is 16.4. The molecule has 4 rings (SSSR count). The smallest absolute Gasteiger partial charge is 0.338 e. The Hall–Kier alpha value is -3.24. The van der Waals surface area contributed by atoms with Crippen LogP contribution in [-0.4, -0.2) is 36.3 Å². The van der Waals surface area contributed by atoms with Gasteiger partial charge in [-0.15, -0.1) is 0 Å². The third-order valence-electron chi connectivity index (χ3n) is 5.31. The number of allylic oxidation sites excluding steroid dienone is 1. The third kappa shape index (κ3) is 4.30. The maximum atomic E-state index is 13.7. The summed E-state index contributed by atoms with van der Waals surface area (Å²) in [7, 11) is 3.12. The van der Waals surface area contributed by atoms with Crippen LogP contribution in [0.1, 0.15) is 31.0 Å². The molecule has 0 bridgehead atoms. The van der Waals surface area contributed by atoms with Crippen molar-refractivity contribution in [3.05, 3.63) is 83.2 Å². The van der Waals surface area contributed by atoms with Crippen LogP contribution in [-0.2, 0) is 9.53 Å². The highest BCUT2D eigenvalue weighted by Gasteiger charge is 2.33. The molecule has 1 aromatic carbocycles. The van der Waals surface area contributed by atoms with Crippen molar-refractivity contribution in [2.24, 2.45) is 4.99 Å². The lowest BCUT2D eigenvalue weighted by Crippen LogP contribution is -2.40. The zero-order valence-electron chi connectivity index (χ0n) is 19.0. The summed E-state index contributed by atoms with van der Waals surface area (Å²) in [5.41, 5.74) is 1.93. The number of hydrogen-bond donors (Lipinski definition) is 0. The standard InChI is InChI=1S/C24H22BrN3O5S/c1-5-33-23(30)20-13(2)27-24-28(21(20)14-7-6-8-26-12-14)22(29)19(34-24)10-15-9-16(25)18(32-4)11-17(15)31-3/h6-12,21H,5H2,1-4H3. The zero-order chi connectivity index (χ0) is 24.4. The highest BCUT2D eigenvalue weighted by Crippen LogP contribution is 2.33. The quantitative estimate of drug-likeness (QED) is 0.444. The fourth-order valence-corrected chi connectivity index (χ4v) is 5.34. The summed E-state index contributed by atoms with van der Waals surface area (Å²) in [6.07, 6.45) is 5.03. The Kier molecular flexibility index (Phi) is 6.99. The van der Waals surface area contributed by atoms with Gasteiger partial charge in [-0.3, -0.25) is 14.3 Å². The first-order valence-corrected chi connectivity index (χ1v) is 12.0. The SMILES string of the molecule is CCOC(=O)C1=C(C)N=c2sc(=Cc3cc(Br)c(OC)cc3OC)c(=O)n2C1c1cccnc1. The molecule has 34 heavy (non-hydrogen) atoms. The van der Waals surface area contributed by atoms with E-state index in [0.29, 0.717) is 43.2 Å². The monoisotopic (exact) mass is 543 g/mol. The van der Waals surface area contributed by atoms with Gasteiger partial charge in [0.05, 0.1) is 41.1 Å². The summed E-state index contributed by atoms with van der Waals surface area (Å²) in [6.45, 7) is 3.70. The number of thiazole rings is 1. The maximum Gasteiger partial charge on any atom is 0.338 e. The zero-order valence-corrected chi connectivity index (χ0v) is 21.4. The van der Waals surface area contributed by atoms with Crippen LogP contribution in [0.5, 0.6) is 11.5 Å². The lowest BCUT2D eigenvalue weighted by molar-refractivity contribution is -0.139. The molecule has 3 aromatic rings. The predicted octanol–water partition coefficient (Wildman–Crippen LogP) is 2.97. The van der Waals surface area contributed by atoms with Gasteiger partial charge in [0.25, 0.3) is 5.56 Å². The summed E-state index contributed by atoms with van der Waals surface area (Å²) in [4.78, 5) is 35.8. The molecule has 0 radical (unpaired) electrons. The molecular weight excluding hydrogens is 522 g/mol. The minimum atomic E-state index is -0.698. The van der Waals surface area contributed by atoms with Gasteiger partial charge in [0, 0.05) is 24.0 Å². The number of fused-ring (bicyclic) bond motifs is 1. The van der Waals surface area contributed by atoms with Gasteiger partial charge in [0.2, 0.25) is 0 Å². The Labute approximate surface area is 208 Å². The average molecular weight is 544 g/mol. The van der Waals surface area contributed by atoms with E-state index in [2.05, 4.69) is 25.9 Å². The van der Waals surface area contributed by atoms with Crippen molar-refractivity contribution in [3.8, 4) is 11.5 Å². The number of esters is 1. The van der Waals surface area contributed by atoms with E-state index in [9.17, 15) is 9.59 Å². The van der Waals surface area contributed by atoms with Crippen molar-refractivity contribution in [3.63, 3.8) is 0 Å². The lowest BCUT2D eigenvalue weighted by atomic mass is 9.97. The van der Waals surface area contributed by atoms with Gasteiger partial charge in [0.15, 0.2) is 4.80 Å². The Balaban J connectivity index is 1.96. The number of pyridine rings is 1. The second-order valence-electron chi connectivity index (χ2n) is 7.32. The Morgan fingerprint density at radius 3 is 2.68 bits per heavy atom. The normalized spacial score (nSPS) is 15.6. The van der Waals surface area contributed by atoms with E-state index in [1.54, 1.807) is 58.7 Å². The third-order valence-corrected chi connectivity index (χ3v) is 6.91. The minimum Gasteiger partial charge on any atom is -0.496 e. The van der Waals surface area contributed by atoms with E-state index in [-0.39, 0.29) is 12.2 Å². The second kappa shape index (κ2) is 9.94. The molecule has 1 aliphatic rings. The number of halogens is 1. The molecule has 10 heteroatoms. The summed E-state index contributed by atoms with van der Waals surface area (Å²) in [6, 6.07) is 6.47. The van der Waals surface area contributed by atoms with Crippen LogP contribution in [0.25, 0.3) is 6.08 Å². The molecule has 176 valence electrons. The van der Waals surface area contributed by atoms with Crippen LogP contribution in [0.4, 0.5) is 0 Å². The Morgan fingerprint density at radius 2 is 2.03 bits per heavy atom. The molecule has 0 spiro atoms. The van der Waals surface area contributed by atoms with Crippen molar-refractivity contribution in [2.45, 2.75) is 19.9 Å². The van der Waals surface area contributed by atoms with Gasteiger partial charge in [-0.1, -0.05) is 17.4 Å². The van der Waals surface area contributed by atoms with Crippen molar-refractivity contribution < 1.29 is 19.0 Å². The largest absolute Gasteiger partial charge is 0.496 e. The number of benzene rings is 1. The molecule has 0 saturated carbocycles. The molecule has 0 amide bonds. The summed E-state index contributed by atoms with van der Waals surface area (Å²) >= 11 is 4.72. The molecule has 3 heterocycles. The number of methoxy groups -OCH3 is 2. The molecular formula is C24H22BrN3O5S. The first-order valence-electron chi connectivity index (χ1n) is 10.4. The van der Waals surface area contributed by atoms with Gasteiger partial charge >= 0.3 is 5.97 Å². The summed E-state index contributed by atoms with van der Waals surface area (Å²) in [5, 5.41) is 0. The van der Waals surface area contributed by atoms with E-state index in [0.717, 1.165) is 4.47 Å². The summed E-state index contributed by atoms with van der Waals surface area (Å²) < 4.78 is 18.8. The fraction of sp³-hybridized carbons (Fsp3) is 0.250. The first kappa shape index (κ1) is 23.9. The van der Waals surface area contributed by atoms with E-state index in [4.69, 9.17) is 14.2 Å². The molecule has 8 nitrogen and oxygen atoms in total. The molecule has 1 aliphatic heterocycles. The van der Waals surface area contributed by atoms with E-state index >= 15 is 0 Å². The fourth-order valence-electron chi connectivity index (χ4n) is 3.78. The Bertz CT molecular complexity index is 1460. The highest BCUT2D eigenvalue weighted by atomic mass is 79.9. The van der Waals surface area contributed by atoms with Crippen molar-refractivity contribution in [1.82, 2.24) is 9.55 Å². The number of ether oxygens (including phenoxy) is 3. The van der Waals surface area contributed by atoms with E-state index < -0.39 is 12.0 Å². The molecule has 1 atom stereocenters. The molecule has 0 saturated heterocycles. The van der Waals surface area contributed by atoms with Gasteiger partial charge < -0.3 is 14.2 Å². The number of carbonyl (C=O) groups is 1. The van der Waals surface area contributed by atoms with E-state index in [1.165, 1.54) is 15.9 Å². The maximum absolute atomic E-state index is 13.7. The highest BCUT2D eigenvalue weighted by molar-refractivity contribution is 9.10. The van der Waals surface area contributed by atoms with Crippen LogP contribution >= 0.6 is 27.3 Å². The predicted molar refractivity (Wildman–Crippen MR) is 132 cm³/mol. The van der Waals surface area contributed by atoms with Gasteiger partial charge in [-0.05, 0) is 53.5 Å². The van der Waals surface area contributed by atoms with Gasteiger partial charge in [0.1, 0.15) is 17.5 Å². The second-order valence-corrected chi connectivity index (χ2v) is 9.18. The van der Waals surface area contributed by atoms with Crippen LogP contribution in [0.15, 0.2) is 62.2 Å². The summed E-state index contributed by atoms with van der Waals surface area (Å²) in [5.74, 6) is 0.660. The number of rotatable bonds is 6. The van der Waals surface area contributed by atoms with Crippen molar-refractivity contribution >= 4 is 39.3 Å². The van der Waals surface area contributed by atoms with Crippen molar-refractivity contribution in [1.29, 1.82) is 0 Å². The molecule has 0 aliphatic carbocycles. The van der Waals surface area contributed by atoms with Crippen LogP contribution in [0.3, 0.4) is 0 Å². The van der Waals surface area contributed by atoms with Crippen LogP contribution < -0.4 is 24.4 Å². The number of hydrogen-bond acceptors (Lipinski definition) is 8. The average Bonchev–Trinajstić information content (AvgIpc) is 3.13. The van der Waals surface area contributed by atoms with Gasteiger partial charge in [-0.25, -0.2) is 9.79 Å². The van der Waals surface area contributed by atoms with Crippen molar-refractivity contribution in [2.75, 3.05) is 20.8 Å².